The molecule has 1 rings (SSSR count). The third-order valence-corrected chi connectivity index (χ3v) is 3.87. The standard InChI is InChI=1S/C20H26O7/c1-2-3-4-5-6-7-8-9-10-11-15(12-13-21)26-20-19(25)18(24)17(23)16(14-22)27-20/h8-9,15-25H,10-14H2,1H3/t15?,16-,17-,18+,19-,20-/m1/s1. The molecule has 6 atom stereocenters. The summed E-state index contributed by atoms with van der Waals surface area (Å²) >= 11 is 0. The number of hydrogen-bond donors (Lipinski definition) is 5. The molecule has 148 valence electrons. The van der Waals surface area contributed by atoms with Crippen LogP contribution in [0.1, 0.15) is 26.2 Å². The lowest BCUT2D eigenvalue weighted by molar-refractivity contribution is -0.312. The van der Waals surface area contributed by atoms with Gasteiger partial charge in [-0.05, 0) is 55.9 Å². The van der Waals surface area contributed by atoms with E-state index in [2.05, 4.69) is 35.5 Å². The van der Waals surface area contributed by atoms with Gasteiger partial charge in [0.05, 0.1) is 12.7 Å². The fraction of sp³-hybridized carbons (Fsp3) is 0.600. The molecule has 0 spiro atoms. The SMILES string of the molecule is CC#CC#CC#CC=CCCC(CCO)O[C@@H]1O[C@H](CO)[C@@H](O)[C@H](O)[C@H]1O. The molecule has 0 bridgehead atoms. The predicted molar refractivity (Wildman–Crippen MR) is 97.7 cm³/mol. The van der Waals surface area contributed by atoms with Crippen molar-refractivity contribution in [2.24, 2.45) is 0 Å². The van der Waals surface area contributed by atoms with Crippen molar-refractivity contribution in [3.8, 4) is 35.5 Å². The smallest absolute Gasteiger partial charge is 0.186 e. The van der Waals surface area contributed by atoms with Gasteiger partial charge in [-0.1, -0.05) is 17.9 Å². The molecule has 0 aromatic rings. The number of aliphatic hydroxyl groups is 5. The first-order chi connectivity index (χ1) is 13.0. The largest absolute Gasteiger partial charge is 0.396 e. The van der Waals surface area contributed by atoms with E-state index in [0.29, 0.717) is 19.3 Å². The van der Waals surface area contributed by atoms with Gasteiger partial charge in [0, 0.05) is 6.61 Å². The highest BCUT2D eigenvalue weighted by atomic mass is 16.7. The number of rotatable bonds is 8. The normalized spacial score (nSPS) is 28.3. The molecule has 1 heterocycles. The average Bonchev–Trinajstić information content (AvgIpc) is 2.67. The third kappa shape index (κ3) is 8.13. The van der Waals surface area contributed by atoms with E-state index in [4.69, 9.17) is 9.47 Å². The van der Waals surface area contributed by atoms with E-state index in [1.54, 1.807) is 13.0 Å². The molecule has 7 nitrogen and oxygen atoms in total. The lowest BCUT2D eigenvalue weighted by atomic mass is 9.99. The van der Waals surface area contributed by atoms with Gasteiger partial charge >= 0.3 is 0 Å². The summed E-state index contributed by atoms with van der Waals surface area (Å²) in [5.74, 6) is 15.7. The molecule has 1 aliphatic heterocycles. The van der Waals surface area contributed by atoms with Crippen molar-refractivity contribution in [1.82, 2.24) is 0 Å². The third-order valence-electron chi connectivity index (χ3n) is 3.87. The Balaban J connectivity index is 2.55. The molecule has 1 unspecified atom stereocenters. The van der Waals surface area contributed by atoms with Crippen LogP contribution in [0.4, 0.5) is 0 Å². The zero-order chi connectivity index (χ0) is 20.1. The topological polar surface area (TPSA) is 120 Å². The van der Waals surface area contributed by atoms with Gasteiger partial charge in [-0.15, -0.1) is 0 Å². The molecular weight excluding hydrogens is 352 g/mol. The highest BCUT2D eigenvalue weighted by Crippen LogP contribution is 2.24. The van der Waals surface area contributed by atoms with Crippen molar-refractivity contribution in [2.75, 3.05) is 13.2 Å². The maximum Gasteiger partial charge on any atom is 0.186 e. The molecule has 0 aromatic heterocycles. The van der Waals surface area contributed by atoms with Gasteiger partial charge in [-0.25, -0.2) is 0 Å². The summed E-state index contributed by atoms with van der Waals surface area (Å²) in [5, 5.41) is 48.0. The zero-order valence-corrected chi connectivity index (χ0v) is 15.2. The quantitative estimate of drug-likeness (QED) is 0.341. The van der Waals surface area contributed by atoms with Crippen molar-refractivity contribution in [2.45, 2.75) is 63.0 Å². The summed E-state index contributed by atoms with van der Waals surface area (Å²) in [6.45, 7) is 1.04. The summed E-state index contributed by atoms with van der Waals surface area (Å²) in [6, 6.07) is 0. The second-order valence-electron chi connectivity index (χ2n) is 5.84. The maximum atomic E-state index is 10.0. The molecular formula is C20H26O7. The van der Waals surface area contributed by atoms with Crippen LogP contribution < -0.4 is 0 Å². The minimum absolute atomic E-state index is 0.125. The van der Waals surface area contributed by atoms with Crippen LogP contribution in [0.3, 0.4) is 0 Å². The first-order valence-corrected chi connectivity index (χ1v) is 8.69. The Kier molecular flexibility index (Phi) is 11.4. The lowest BCUT2D eigenvalue weighted by Gasteiger charge is -2.40. The minimum atomic E-state index is -1.50. The Morgan fingerprint density at radius 2 is 1.74 bits per heavy atom. The van der Waals surface area contributed by atoms with Gasteiger partial charge < -0.3 is 35.0 Å². The first-order valence-electron chi connectivity index (χ1n) is 8.69. The first kappa shape index (κ1) is 23.2. The molecule has 5 N–H and O–H groups in total. The molecule has 0 radical (unpaired) electrons. The van der Waals surface area contributed by atoms with Crippen LogP contribution >= 0.6 is 0 Å². The molecule has 27 heavy (non-hydrogen) atoms. The van der Waals surface area contributed by atoms with Crippen LogP contribution in [-0.2, 0) is 9.47 Å². The lowest BCUT2D eigenvalue weighted by Crippen LogP contribution is -2.59. The highest BCUT2D eigenvalue weighted by molar-refractivity contribution is 5.37. The van der Waals surface area contributed by atoms with E-state index in [1.807, 2.05) is 6.08 Å². The summed E-state index contributed by atoms with van der Waals surface area (Å²) in [6.07, 6.45) is -2.20. The molecule has 0 amide bonds. The summed E-state index contributed by atoms with van der Waals surface area (Å²) < 4.78 is 11.0. The van der Waals surface area contributed by atoms with Crippen molar-refractivity contribution in [3.63, 3.8) is 0 Å². The van der Waals surface area contributed by atoms with Gasteiger partial charge in [-0.2, -0.15) is 0 Å². The monoisotopic (exact) mass is 378 g/mol. The second-order valence-corrected chi connectivity index (χ2v) is 5.84. The van der Waals surface area contributed by atoms with E-state index in [9.17, 15) is 25.5 Å². The number of ether oxygens (including phenoxy) is 2. The maximum absolute atomic E-state index is 10.0. The van der Waals surface area contributed by atoms with E-state index in [-0.39, 0.29) is 6.61 Å². The van der Waals surface area contributed by atoms with Crippen LogP contribution in [0.25, 0.3) is 0 Å². The molecule has 1 saturated heterocycles. The Morgan fingerprint density at radius 1 is 1.00 bits per heavy atom. The van der Waals surface area contributed by atoms with Crippen LogP contribution in [0.15, 0.2) is 12.2 Å². The van der Waals surface area contributed by atoms with Gasteiger partial charge in [0.2, 0.25) is 0 Å². The molecule has 7 heteroatoms. The fourth-order valence-corrected chi connectivity index (χ4v) is 2.42. The van der Waals surface area contributed by atoms with Gasteiger partial charge in [0.1, 0.15) is 24.4 Å². The Bertz CT molecular complexity index is 638. The van der Waals surface area contributed by atoms with E-state index < -0.39 is 43.4 Å². The van der Waals surface area contributed by atoms with Crippen molar-refractivity contribution >= 4 is 0 Å². The van der Waals surface area contributed by atoms with Crippen LogP contribution in [0, 0.1) is 35.5 Å². The Morgan fingerprint density at radius 3 is 2.41 bits per heavy atom. The minimum Gasteiger partial charge on any atom is -0.396 e. The Hall–Kier alpha value is -1.86. The van der Waals surface area contributed by atoms with Crippen LogP contribution in [0.2, 0.25) is 0 Å². The molecule has 0 aliphatic carbocycles. The molecule has 1 fully saturated rings. The molecule has 1 aliphatic rings. The number of hydrogen-bond acceptors (Lipinski definition) is 7. The molecule has 0 saturated carbocycles. The van der Waals surface area contributed by atoms with E-state index in [0.717, 1.165) is 0 Å². The van der Waals surface area contributed by atoms with Gasteiger partial charge in [-0.3, -0.25) is 0 Å². The van der Waals surface area contributed by atoms with Crippen LogP contribution in [-0.4, -0.2) is 75.6 Å². The van der Waals surface area contributed by atoms with Crippen LogP contribution in [0.5, 0.6) is 0 Å². The summed E-state index contributed by atoms with van der Waals surface area (Å²) in [5.41, 5.74) is 0. The number of aliphatic hydroxyl groups excluding tert-OH is 5. The summed E-state index contributed by atoms with van der Waals surface area (Å²) in [7, 11) is 0. The van der Waals surface area contributed by atoms with Crippen molar-refractivity contribution in [3.05, 3.63) is 12.2 Å². The predicted octanol–water partition coefficient (Wildman–Crippen LogP) is -1.08. The molecule has 0 aromatic carbocycles. The van der Waals surface area contributed by atoms with Crippen molar-refractivity contribution < 1.29 is 35.0 Å². The van der Waals surface area contributed by atoms with E-state index in [1.165, 1.54) is 0 Å². The highest BCUT2D eigenvalue weighted by Gasteiger charge is 2.44. The second kappa shape index (κ2) is 13.3. The van der Waals surface area contributed by atoms with Gasteiger partial charge in [0.25, 0.3) is 0 Å². The zero-order valence-electron chi connectivity index (χ0n) is 15.2. The summed E-state index contributed by atoms with van der Waals surface area (Å²) in [4.78, 5) is 0. The average molecular weight is 378 g/mol. The number of allylic oxidation sites excluding steroid dienone is 2. The van der Waals surface area contributed by atoms with E-state index >= 15 is 0 Å². The Labute approximate surface area is 159 Å². The van der Waals surface area contributed by atoms with Gasteiger partial charge in [0.15, 0.2) is 6.29 Å². The fourth-order valence-electron chi connectivity index (χ4n) is 2.42. The van der Waals surface area contributed by atoms with Crippen molar-refractivity contribution in [1.29, 1.82) is 0 Å².